The molecule has 2 aromatic heterocycles. The van der Waals surface area contributed by atoms with Crippen molar-refractivity contribution in [2.45, 2.75) is 31.6 Å². The van der Waals surface area contributed by atoms with Crippen LogP contribution in [-0.2, 0) is 17.9 Å². The van der Waals surface area contributed by atoms with Crippen molar-refractivity contribution in [1.29, 1.82) is 0 Å². The number of benzene rings is 1. The Labute approximate surface area is 213 Å². The average Bonchev–Trinajstić information content (AvgIpc) is 3.67. The summed E-state index contributed by atoms with van der Waals surface area (Å²) in [6, 6.07) is 14.0. The number of amides is 2. The number of carbonyl (C=O) groups is 2. The summed E-state index contributed by atoms with van der Waals surface area (Å²) in [6.45, 7) is 4.70. The minimum Gasteiger partial charge on any atom is -0.338 e. The zero-order valence-electron chi connectivity index (χ0n) is 19.4. The summed E-state index contributed by atoms with van der Waals surface area (Å²) >= 11 is 3.11. The number of piperazine rings is 1. The second-order valence-electron chi connectivity index (χ2n) is 9.03. The van der Waals surface area contributed by atoms with Gasteiger partial charge in [-0.1, -0.05) is 24.3 Å². The minimum atomic E-state index is -0.480. The Bertz CT molecular complexity index is 1110. The standard InChI is InChI=1S/C26H29FN4O2S2/c27-20-7-5-19(6-8-20)16-30(18-22-3-1-13-34-22)21-15-23(25(32)29-11-9-28-10-12-29)31(17-21)26(33)24-4-2-14-35-24/h1-8,13-14,21,23,28H,9-12,15-18H2. The van der Waals surface area contributed by atoms with Crippen molar-refractivity contribution in [3.8, 4) is 0 Å². The second-order valence-corrected chi connectivity index (χ2v) is 11.0. The van der Waals surface area contributed by atoms with Gasteiger partial charge in [-0.15, -0.1) is 22.7 Å². The van der Waals surface area contributed by atoms with Crippen LogP contribution in [0.1, 0.15) is 26.5 Å². The van der Waals surface area contributed by atoms with E-state index in [0.717, 1.165) is 25.2 Å². The van der Waals surface area contributed by atoms with Crippen molar-refractivity contribution in [3.63, 3.8) is 0 Å². The Morgan fingerprint density at radius 3 is 2.43 bits per heavy atom. The lowest BCUT2D eigenvalue weighted by molar-refractivity contribution is -0.135. The summed E-state index contributed by atoms with van der Waals surface area (Å²) in [5.74, 6) is -0.292. The van der Waals surface area contributed by atoms with Gasteiger partial charge in [-0.05, 0) is 47.0 Å². The minimum absolute atomic E-state index is 0.0166. The zero-order chi connectivity index (χ0) is 24.2. The molecule has 2 saturated heterocycles. The quantitative estimate of drug-likeness (QED) is 0.525. The number of nitrogens with one attached hydrogen (secondary N) is 1. The number of rotatable bonds is 7. The highest BCUT2D eigenvalue weighted by Crippen LogP contribution is 2.30. The van der Waals surface area contributed by atoms with Gasteiger partial charge in [0, 0.05) is 56.7 Å². The van der Waals surface area contributed by atoms with Gasteiger partial charge in [0.25, 0.3) is 5.91 Å². The SMILES string of the molecule is O=C(C1CC(N(Cc2ccc(F)cc2)Cc2cccs2)CN1C(=O)c1cccs1)N1CCNCC1. The Kier molecular flexibility index (Phi) is 7.57. The van der Waals surface area contributed by atoms with Gasteiger partial charge < -0.3 is 15.1 Å². The van der Waals surface area contributed by atoms with Gasteiger partial charge in [0.1, 0.15) is 11.9 Å². The van der Waals surface area contributed by atoms with Crippen LogP contribution in [0, 0.1) is 5.82 Å². The molecule has 2 aliphatic heterocycles. The topological polar surface area (TPSA) is 55.9 Å². The summed E-state index contributed by atoms with van der Waals surface area (Å²) in [6.07, 6.45) is 0.590. The molecule has 1 N–H and O–H groups in total. The maximum Gasteiger partial charge on any atom is 0.264 e. The molecule has 0 spiro atoms. The number of likely N-dealkylation sites (tertiary alicyclic amines) is 1. The molecule has 0 bridgehead atoms. The van der Waals surface area contributed by atoms with Gasteiger partial charge in [-0.25, -0.2) is 4.39 Å². The van der Waals surface area contributed by atoms with Crippen LogP contribution in [0.5, 0.6) is 0 Å². The van der Waals surface area contributed by atoms with Crippen LogP contribution in [0.2, 0.25) is 0 Å². The second kappa shape index (κ2) is 11.0. The lowest BCUT2D eigenvalue weighted by Gasteiger charge is -2.32. The third kappa shape index (κ3) is 5.64. The Balaban J connectivity index is 1.41. The largest absolute Gasteiger partial charge is 0.338 e. The highest BCUT2D eigenvalue weighted by Gasteiger charge is 2.43. The molecule has 2 unspecified atom stereocenters. The van der Waals surface area contributed by atoms with E-state index in [0.29, 0.717) is 37.5 Å². The summed E-state index contributed by atoms with van der Waals surface area (Å²) in [7, 11) is 0. The van der Waals surface area contributed by atoms with Gasteiger partial charge in [0.05, 0.1) is 4.88 Å². The summed E-state index contributed by atoms with van der Waals surface area (Å²) in [5.41, 5.74) is 1.01. The molecule has 5 rings (SSSR count). The predicted molar refractivity (Wildman–Crippen MR) is 137 cm³/mol. The van der Waals surface area contributed by atoms with Gasteiger partial charge in [0.15, 0.2) is 0 Å². The normalized spacial score (nSPS) is 20.5. The fourth-order valence-electron chi connectivity index (χ4n) is 4.92. The third-order valence-corrected chi connectivity index (χ3v) is 8.46. The van der Waals surface area contributed by atoms with E-state index in [9.17, 15) is 14.0 Å². The molecule has 2 aliphatic rings. The van der Waals surface area contributed by atoms with Crippen molar-refractivity contribution in [2.75, 3.05) is 32.7 Å². The smallest absolute Gasteiger partial charge is 0.264 e. The van der Waals surface area contributed by atoms with E-state index < -0.39 is 6.04 Å². The maximum atomic E-state index is 13.6. The van der Waals surface area contributed by atoms with Crippen LogP contribution in [0.3, 0.4) is 0 Å². The number of thiophene rings is 2. The molecule has 2 amide bonds. The molecule has 35 heavy (non-hydrogen) atoms. The molecular weight excluding hydrogens is 483 g/mol. The maximum absolute atomic E-state index is 13.6. The zero-order valence-corrected chi connectivity index (χ0v) is 21.1. The number of halogens is 1. The van der Waals surface area contributed by atoms with Crippen molar-refractivity contribution < 1.29 is 14.0 Å². The lowest BCUT2D eigenvalue weighted by Crippen LogP contribution is -2.53. The van der Waals surface area contributed by atoms with Crippen LogP contribution < -0.4 is 5.32 Å². The summed E-state index contributed by atoms with van der Waals surface area (Å²) in [5, 5.41) is 7.25. The van der Waals surface area contributed by atoms with E-state index >= 15 is 0 Å². The Morgan fingerprint density at radius 1 is 1.00 bits per heavy atom. The molecule has 184 valence electrons. The summed E-state index contributed by atoms with van der Waals surface area (Å²) in [4.78, 5) is 35.0. The number of hydrogen-bond donors (Lipinski definition) is 1. The van der Waals surface area contributed by atoms with Crippen LogP contribution in [-0.4, -0.2) is 71.3 Å². The predicted octanol–water partition coefficient (Wildman–Crippen LogP) is 3.67. The molecule has 6 nitrogen and oxygen atoms in total. The van der Waals surface area contributed by atoms with E-state index in [2.05, 4.69) is 21.7 Å². The van der Waals surface area contributed by atoms with Crippen molar-refractivity contribution in [2.24, 2.45) is 0 Å². The molecule has 4 heterocycles. The summed E-state index contributed by atoms with van der Waals surface area (Å²) < 4.78 is 13.5. The highest BCUT2D eigenvalue weighted by atomic mass is 32.1. The van der Waals surface area contributed by atoms with Crippen molar-refractivity contribution in [1.82, 2.24) is 20.0 Å². The van der Waals surface area contributed by atoms with Gasteiger partial charge in [0.2, 0.25) is 5.91 Å². The first kappa shape index (κ1) is 24.1. The molecule has 0 saturated carbocycles. The van der Waals surface area contributed by atoms with Crippen LogP contribution in [0.4, 0.5) is 4.39 Å². The molecule has 3 aromatic rings. The fourth-order valence-corrected chi connectivity index (χ4v) is 6.32. The molecule has 2 atom stereocenters. The molecule has 2 fully saturated rings. The van der Waals surface area contributed by atoms with Crippen LogP contribution >= 0.6 is 22.7 Å². The fraction of sp³-hybridized carbons (Fsp3) is 0.385. The molecule has 1 aromatic carbocycles. The lowest BCUT2D eigenvalue weighted by atomic mass is 10.1. The Morgan fingerprint density at radius 2 is 1.74 bits per heavy atom. The average molecular weight is 513 g/mol. The number of carbonyl (C=O) groups excluding carboxylic acids is 2. The number of nitrogens with zero attached hydrogens (tertiary/aromatic N) is 3. The van der Waals surface area contributed by atoms with Gasteiger partial charge in [-0.2, -0.15) is 0 Å². The first-order valence-electron chi connectivity index (χ1n) is 11.9. The van der Waals surface area contributed by atoms with Crippen molar-refractivity contribution in [3.05, 3.63) is 80.4 Å². The van der Waals surface area contributed by atoms with Crippen LogP contribution in [0.25, 0.3) is 0 Å². The van der Waals surface area contributed by atoms with Crippen LogP contribution in [0.15, 0.2) is 59.3 Å². The first-order chi connectivity index (χ1) is 17.1. The monoisotopic (exact) mass is 512 g/mol. The van der Waals surface area contributed by atoms with E-state index in [1.807, 2.05) is 40.6 Å². The molecular formula is C26H29FN4O2S2. The highest BCUT2D eigenvalue weighted by molar-refractivity contribution is 7.12. The van der Waals surface area contributed by atoms with E-state index in [1.165, 1.54) is 28.3 Å². The molecule has 0 radical (unpaired) electrons. The molecule has 0 aliphatic carbocycles. The van der Waals surface area contributed by atoms with E-state index in [1.54, 1.807) is 16.2 Å². The molecule has 9 heteroatoms. The third-order valence-electron chi connectivity index (χ3n) is 6.74. The van der Waals surface area contributed by atoms with Crippen molar-refractivity contribution >= 4 is 34.5 Å². The van der Waals surface area contributed by atoms with Gasteiger partial charge >= 0.3 is 0 Å². The van der Waals surface area contributed by atoms with Gasteiger partial charge in [-0.3, -0.25) is 14.5 Å². The first-order valence-corrected chi connectivity index (χ1v) is 13.7. The number of hydrogen-bond acceptors (Lipinski definition) is 6. The Hall–Kier alpha value is -2.59. The van der Waals surface area contributed by atoms with E-state index in [4.69, 9.17) is 0 Å². The van der Waals surface area contributed by atoms with E-state index in [-0.39, 0.29) is 23.7 Å².